The molecule has 5 heteroatoms. The molecule has 33 heavy (non-hydrogen) atoms. The summed E-state index contributed by atoms with van der Waals surface area (Å²) in [4.78, 5) is 0. The monoisotopic (exact) mass is 686 g/mol. The molecule has 0 saturated carbocycles. The van der Waals surface area contributed by atoms with E-state index in [2.05, 4.69) is 105 Å². The van der Waals surface area contributed by atoms with Gasteiger partial charge in [0.25, 0.3) is 0 Å². The first kappa shape index (κ1) is 24.5. The van der Waals surface area contributed by atoms with Crippen molar-refractivity contribution in [2.24, 2.45) is 0 Å². The maximum absolute atomic E-state index is 5.53. The third-order valence-electron chi connectivity index (χ3n) is 5.35. The molecule has 4 aromatic rings. The molecule has 0 heterocycles. The van der Waals surface area contributed by atoms with Crippen molar-refractivity contribution in [2.45, 2.75) is 13.8 Å². The summed E-state index contributed by atoms with van der Waals surface area (Å²) in [5, 5.41) is 0. The van der Waals surface area contributed by atoms with Gasteiger partial charge < -0.3 is 0 Å². The molecule has 168 valence electrons. The van der Waals surface area contributed by atoms with Crippen LogP contribution in [0, 0.1) is 13.8 Å². The number of benzene rings is 4. The van der Waals surface area contributed by atoms with Gasteiger partial charge in [0, 0.05) is 0 Å². The predicted octanol–water partition coefficient (Wildman–Crippen LogP) is 5.58. The number of aryl methyl sites for hydroxylation is 2. The van der Waals surface area contributed by atoms with Crippen LogP contribution in [0.2, 0.25) is 0 Å². The Labute approximate surface area is 218 Å². The van der Waals surface area contributed by atoms with Crippen LogP contribution in [0.1, 0.15) is 11.1 Å². The van der Waals surface area contributed by atoms with Gasteiger partial charge in [0.15, 0.2) is 0 Å². The Morgan fingerprint density at radius 3 is 1.30 bits per heavy atom. The van der Waals surface area contributed by atoms with Gasteiger partial charge in [-0.2, -0.15) is 0 Å². The zero-order valence-electron chi connectivity index (χ0n) is 19.1. The van der Waals surface area contributed by atoms with Crippen LogP contribution >= 0.6 is 6.22 Å². The number of hydrogen-bond donors (Lipinski definition) is 0. The minimum absolute atomic E-state index is 0.397. The van der Waals surface area contributed by atoms with Crippen molar-refractivity contribution < 1.29 is 9.47 Å². The molecule has 0 aliphatic carbocycles. The molecule has 4 aromatic carbocycles. The van der Waals surface area contributed by atoms with Crippen molar-refractivity contribution in [1.82, 2.24) is 0 Å². The van der Waals surface area contributed by atoms with Crippen LogP contribution in [-0.2, 0) is 0 Å². The van der Waals surface area contributed by atoms with Crippen LogP contribution in [-0.4, -0.2) is 53.3 Å². The average Bonchev–Trinajstić information content (AvgIpc) is 2.85. The average molecular weight is 682 g/mol. The molecule has 0 amide bonds. The third-order valence-corrected chi connectivity index (χ3v) is 19.9. The van der Waals surface area contributed by atoms with Gasteiger partial charge in [0.05, 0.1) is 0 Å². The van der Waals surface area contributed by atoms with Gasteiger partial charge in [-0.25, -0.2) is 0 Å². The molecular weight excluding hydrogens is 656 g/mol. The first-order valence-electron chi connectivity index (χ1n) is 10.6. The van der Waals surface area contributed by atoms with Crippen molar-refractivity contribution in [3.05, 3.63) is 96.1 Å². The van der Waals surface area contributed by atoms with E-state index in [0.29, 0.717) is 0 Å². The fraction of sp³-hybridized carbons (Fsp3) is 0.143. The summed E-state index contributed by atoms with van der Waals surface area (Å²) >= 11 is -0.793. The topological polar surface area (TPSA) is 18.5 Å². The Hall–Kier alpha value is -1.59. The molecule has 0 unspecified atom stereocenters. The van der Waals surface area contributed by atoms with Crippen molar-refractivity contribution >= 4 is 52.5 Å². The van der Waals surface area contributed by atoms with Crippen LogP contribution < -0.4 is 16.7 Å². The van der Waals surface area contributed by atoms with Crippen molar-refractivity contribution in [3.63, 3.8) is 0 Å². The Balaban J connectivity index is 1.57. The van der Waals surface area contributed by atoms with E-state index in [1.54, 1.807) is 14.2 Å². The number of hydrogen-bond acceptors (Lipinski definition) is 3. The second kappa shape index (κ2) is 11.7. The van der Waals surface area contributed by atoms with Gasteiger partial charge in [0.1, 0.15) is 0 Å². The number of ether oxygens (including phenoxy) is 2. The van der Waals surface area contributed by atoms with Gasteiger partial charge in [-0.15, -0.1) is 0 Å². The molecule has 0 spiro atoms. The molecule has 0 saturated heterocycles. The van der Waals surface area contributed by atoms with E-state index in [-0.39, 0.29) is 0 Å². The summed E-state index contributed by atoms with van der Waals surface area (Å²) in [7, 11) is 3.48. The molecule has 0 aliphatic heterocycles. The molecule has 0 aliphatic rings. The Morgan fingerprint density at radius 2 is 0.939 bits per heavy atom. The van der Waals surface area contributed by atoms with Crippen LogP contribution in [0.5, 0.6) is 11.5 Å². The molecule has 4 rings (SSSR count). The normalized spacial score (nSPS) is 10.8. The first-order valence-corrected chi connectivity index (χ1v) is 19.3. The molecule has 0 fully saturated rings. The van der Waals surface area contributed by atoms with Crippen LogP contribution in [0.15, 0.2) is 84.9 Å². The van der Waals surface area contributed by atoms with Gasteiger partial charge >= 0.3 is 220 Å². The Kier molecular flexibility index (Phi) is 8.70. The van der Waals surface area contributed by atoms with Crippen molar-refractivity contribution in [3.8, 4) is 33.8 Å². The first-order chi connectivity index (χ1) is 16.1. The maximum atomic E-state index is 5.53. The van der Waals surface area contributed by atoms with Crippen molar-refractivity contribution in [2.75, 3.05) is 14.2 Å². The molecule has 2 nitrogen and oxygen atoms in total. The third kappa shape index (κ3) is 6.30. The molecule has 0 radical (unpaired) electrons. The standard InChI is InChI=1S/C28H26O2STe2/c1-19-5-9-21(10-6-19)25-17-23(29-3)13-15-27(25)32-31-33-28-16-14-24(30-4)18-26(28)22-11-7-20(2)8-12-22/h5-18H,1-4H3. The van der Waals surface area contributed by atoms with Gasteiger partial charge in [-0.3, -0.25) is 0 Å². The SMILES string of the molecule is COc1ccc([Te]S[Te]c2ccc(OC)cc2-c2ccc(C)cc2)c(-c2ccc(C)cc2)c1. The molecule has 0 N–H and O–H groups in total. The molecule has 0 atom stereocenters. The second-order valence-corrected chi connectivity index (χ2v) is 22.5. The van der Waals surface area contributed by atoms with E-state index >= 15 is 0 Å². The van der Waals surface area contributed by atoms with E-state index in [9.17, 15) is 0 Å². The molecule has 0 aromatic heterocycles. The summed E-state index contributed by atoms with van der Waals surface area (Å²) in [6.45, 7) is 4.26. The number of methoxy groups -OCH3 is 2. The van der Waals surface area contributed by atoms with E-state index in [0.717, 1.165) is 11.5 Å². The summed E-state index contributed by atoms with van der Waals surface area (Å²) < 4.78 is 14.0. The van der Waals surface area contributed by atoms with Crippen molar-refractivity contribution in [1.29, 1.82) is 0 Å². The molecule has 0 bridgehead atoms. The van der Waals surface area contributed by atoms with Crippen LogP contribution in [0.25, 0.3) is 22.3 Å². The van der Waals surface area contributed by atoms with Crippen LogP contribution in [0.4, 0.5) is 0 Å². The van der Waals surface area contributed by atoms with Gasteiger partial charge in [-0.05, 0) is 0 Å². The van der Waals surface area contributed by atoms with E-state index in [1.807, 2.05) is 0 Å². The van der Waals surface area contributed by atoms with Crippen LogP contribution in [0.3, 0.4) is 0 Å². The fourth-order valence-electron chi connectivity index (χ4n) is 3.43. The van der Waals surface area contributed by atoms with E-state index in [1.165, 1.54) is 40.6 Å². The zero-order valence-corrected chi connectivity index (χ0v) is 24.6. The minimum atomic E-state index is -0.397. The van der Waals surface area contributed by atoms with Gasteiger partial charge in [-0.1, -0.05) is 0 Å². The molecular formula is C28H26O2STe2. The summed E-state index contributed by atoms with van der Waals surface area (Å²) in [6.07, 6.45) is 2.19. The van der Waals surface area contributed by atoms with E-state index < -0.39 is 39.1 Å². The summed E-state index contributed by atoms with van der Waals surface area (Å²) in [5.74, 6) is 1.83. The summed E-state index contributed by atoms with van der Waals surface area (Å²) in [6, 6.07) is 30.8. The second-order valence-electron chi connectivity index (χ2n) is 7.69. The summed E-state index contributed by atoms with van der Waals surface area (Å²) in [5.41, 5.74) is 7.72. The number of rotatable bonds is 8. The predicted molar refractivity (Wildman–Crippen MR) is 145 cm³/mol. The fourth-order valence-corrected chi connectivity index (χ4v) is 19.7. The Morgan fingerprint density at radius 1 is 0.545 bits per heavy atom. The Bertz CT molecular complexity index is 1120. The van der Waals surface area contributed by atoms with E-state index in [4.69, 9.17) is 9.47 Å². The zero-order chi connectivity index (χ0) is 23.2. The van der Waals surface area contributed by atoms with Gasteiger partial charge in [0.2, 0.25) is 0 Å². The quantitative estimate of drug-likeness (QED) is 0.227.